The summed E-state index contributed by atoms with van der Waals surface area (Å²) in [5, 5.41) is 7.78. The average Bonchev–Trinajstić information content (AvgIpc) is 2.86. The highest BCUT2D eigenvalue weighted by Crippen LogP contribution is 2.34. The van der Waals surface area contributed by atoms with Crippen molar-refractivity contribution in [2.24, 2.45) is 5.10 Å². The van der Waals surface area contributed by atoms with Gasteiger partial charge in [-0.1, -0.05) is 47.5 Å². The molecule has 0 aliphatic heterocycles. The summed E-state index contributed by atoms with van der Waals surface area (Å²) in [6, 6.07) is 17.7. The third kappa shape index (κ3) is 8.66. The fourth-order valence-corrected chi connectivity index (χ4v) is 3.68. The number of carbonyl (C=O) groups excluding carboxylic acids is 2. The van der Waals surface area contributed by atoms with Crippen molar-refractivity contribution >= 4 is 46.9 Å². The van der Waals surface area contributed by atoms with Gasteiger partial charge >= 0.3 is 0 Å². The topological polar surface area (TPSA) is 89.0 Å². The number of nitrogens with one attached hydrogen (secondary N) is 2. The van der Waals surface area contributed by atoms with Gasteiger partial charge in [-0.25, -0.2) is 5.43 Å². The molecule has 0 aliphatic carbocycles. The fourth-order valence-electron chi connectivity index (χ4n) is 3.36. The molecule has 2 N–H and O–H groups in total. The lowest BCUT2D eigenvalue weighted by atomic mass is 10.1. The Labute approximate surface area is 226 Å². The van der Waals surface area contributed by atoms with Gasteiger partial charge in [0.15, 0.2) is 11.5 Å². The van der Waals surface area contributed by atoms with Crippen LogP contribution in [0, 0.1) is 0 Å². The van der Waals surface area contributed by atoms with Gasteiger partial charge < -0.3 is 14.8 Å². The van der Waals surface area contributed by atoms with Gasteiger partial charge in [-0.3, -0.25) is 9.59 Å². The molecule has 0 aromatic heterocycles. The third-order valence-electron chi connectivity index (χ3n) is 5.00. The number of anilines is 1. The van der Waals surface area contributed by atoms with E-state index in [-0.39, 0.29) is 13.0 Å². The van der Waals surface area contributed by atoms with Crippen molar-refractivity contribution in [3.05, 3.63) is 100 Å². The number of carbonyl (C=O) groups is 2. The van der Waals surface area contributed by atoms with E-state index in [2.05, 4.69) is 22.4 Å². The van der Waals surface area contributed by atoms with Crippen molar-refractivity contribution < 1.29 is 19.1 Å². The molecule has 3 aromatic carbocycles. The van der Waals surface area contributed by atoms with E-state index in [1.807, 2.05) is 37.3 Å². The molecule has 3 rings (SSSR count). The molecule has 2 amide bonds. The summed E-state index contributed by atoms with van der Waals surface area (Å²) in [6.45, 7) is 6.40. The minimum absolute atomic E-state index is 0.269. The maximum Gasteiger partial charge on any atom is 0.249 e. The van der Waals surface area contributed by atoms with Crippen LogP contribution in [0.2, 0.25) is 10.0 Å². The van der Waals surface area contributed by atoms with Crippen molar-refractivity contribution in [1.82, 2.24) is 5.43 Å². The monoisotopic (exact) mass is 539 g/mol. The molecular weight excluding hydrogens is 513 g/mol. The van der Waals surface area contributed by atoms with Gasteiger partial charge in [0.2, 0.25) is 11.8 Å². The number of nitrogens with zero attached hydrogens (tertiary/aromatic N) is 1. The Hall–Kier alpha value is -3.81. The van der Waals surface area contributed by atoms with Crippen LogP contribution < -0.4 is 20.2 Å². The highest BCUT2D eigenvalue weighted by Gasteiger charge is 2.14. The largest absolute Gasteiger partial charge is 0.490 e. The van der Waals surface area contributed by atoms with E-state index in [4.69, 9.17) is 32.7 Å². The Bertz CT molecular complexity index is 1280. The molecule has 0 bridgehead atoms. The smallest absolute Gasteiger partial charge is 0.249 e. The minimum atomic E-state index is -0.557. The van der Waals surface area contributed by atoms with Crippen LogP contribution >= 0.6 is 23.2 Å². The SMILES string of the molecule is C=CCc1cc(C=NNC(=O)CC(=O)Nc2ccc(Cl)cc2)cc(OCC)c1OCc1ccccc1Cl. The van der Waals surface area contributed by atoms with Crippen LogP contribution in [0.3, 0.4) is 0 Å². The summed E-state index contributed by atoms with van der Waals surface area (Å²) in [5.74, 6) is 0.0893. The van der Waals surface area contributed by atoms with E-state index >= 15 is 0 Å². The van der Waals surface area contributed by atoms with Gasteiger partial charge in [0, 0.05) is 26.9 Å². The molecule has 192 valence electrons. The van der Waals surface area contributed by atoms with Crippen LogP contribution in [-0.2, 0) is 22.6 Å². The highest BCUT2D eigenvalue weighted by atomic mass is 35.5. The first kappa shape index (κ1) is 27.8. The number of amides is 2. The van der Waals surface area contributed by atoms with E-state index in [0.29, 0.717) is 45.8 Å². The highest BCUT2D eigenvalue weighted by molar-refractivity contribution is 6.31. The molecule has 37 heavy (non-hydrogen) atoms. The Kier molecular flexibility index (Phi) is 10.6. The summed E-state index contributed by atoms with van der Waals surface area (Å²) >= 11 is 12.1. The van der Waals surface area contributed by atoms with E-state index in [1.54, 1.807) is 36.4 Å². The first-order chi connectivity index (χ1) is 17.9. The van der Waals surface area contributed by atoms with Gasteiger partial charge in [-0.2, -0.15) is 5.10 Å². The van der Waals surface area contributed by atoms with Crippen LogP contribution in [0.5, 0.6) is 11.5 Å². The molecule has 0 saturated heterocycles. The number of hydrogen-bond acceptors (Lipinski definition) is 5. The average molecular weight is 540 g/mol. The zero-order valence-electron chi connectivity index (χ0n) is 20.3. The molecule has 0 saturated carbocycles. The Morgan fingerprint density at radius 2 is 1.76 bits per heavy atom. The van der Waals surface area contributed by atoms with Crippen molar-refractivity contribution in [3.8, 4) is 11.5 Å². The lowest BCUT2D eigenvalue weighted by Crippen LogP contribution is -2.24. The van der Waals surface area contributed by atoms with E-state index in [9.17, 15) is 9.59 Å². The van der Waals surface area contributed by atoms with E-state index in [0.717, 1.165) is 11.1 Å². The normalized spacial score (nSPS) is 10.7. The Balaban J connectivity index is 1.67. The summed E-state index contributed by atoms with van der Waals surface area (Å²) in [4.78, 5) is 24.2. The number of allylic oxidation sites excluding steroid dienone is 1. The molecule has 0 atom stereocenters. The number of benzene rings is 3. The van der Waals surface area contributed by atoms with Crippen molar-refractivity contribution in [2.45, 2.75) is 26.4 Å². The predicted molar refractivity (Wildman–Crippen MR) is 148 cm³/mol. The van der Waals surface area contributed by atoms with Crippen LogP contribution in [0.4, 0.5) is 5.69 Å². The quantitative estimate of drug-likeness (QED) is 0.124. The lowest BCUT2D eigenvalue weighted by molar-refractivity contribution is -0.126. The number of hydrogen-bond donors (Lipinski definition) is 2. The van der Waals surface area contributed by atoms with Crippen molar-refractivity contribution in [2.75, 3.05) is 11.9 Å². The number of hydrazone groups is 1. The number of rotatable bonds is 12. The van der Waals surface area contributed by atoms with Gasteiger partial charge in [0.25, 0.3) is 0 Å². The fraction of sp³-hybridized carbons (Fsp3) is 0.179. The molecule has 3 aromatic rings. The summed E-state index contributed by atoms with van der Waals surface area (Å²) in [5.41, 5.74) is 5.28. The summed E-state index contributed by atoms with van der Waals surface area (Å²) in [7, 11) is 0. The molecule has 0 unspecified atom stereocenters. The minimum Gasteiger partial charge on any atom is -0.490 e. The summed E-state index contributed by atoms with van der Waals surface area (Å²) < 4.78 is 11.9. The van der Waals surface area contributed by atoms with Gasteiger partial charge in [0.05, 0.1) is 12.8 Å². The van der Waals surface area contributed by atoms with E-state index < -0.39 is 11.8 Å². The van der Waals surface area contributed by atoms with E-state index in [1.165, 1.54) is 6.21 Å². The molecule has 9 heteroatoms. The maximum absolute atomic E-state index is 12.2. The second-order valence-electron chi connectivity index (χ2n) is 7.84. The van der Waals surface area contributed by atoms with Gasteiger partial charge in [-0.15, -0.1) is 6.58 Å². The van der Waals surface area contributed by atoms with Crippen LogP contribution in [0.1, 0.15) is 30.0 Å². The van der Waals surface area contributed by atoms with Crippen LogP contribution in [0.25, 0.3) is 0 Å². The molecule has 0 aliphatic rings. The predicted octanol–water partition coefficient (Wildman–Crippen LogP) is 6.18. The molecule has 0 spiro atoms. The second-order valence-corrected chi connectivity index (χ2v) is 8.68. The number of ether oxygens (including phenoxy) is 2. The molecule has 0 radical (unpaired) electrons. The molecule has 7 nitrogen and oxygen atoms in total. The Morgan fingerprint density at radius 3 is 2.46 bits per heavy atom. The summed E-state index contributed by atoms with van der Waals surface area (Å²) in [6.07, 6.45) is 3.37. The Morgan fingerprint density at radius 1 is 1.00 bits per heavy atom. The third-order valence-corrected chi connectivity index (χ3v) is 5.62. The van der Waals surface area contributed by atoms with Crippen LogP contribution in [0.15, 0.2) is 78.4 Å². The standard InChI is InChI=1S/C28H27Cl2N3O4/c1-3-7-20-14-19(15-25(36-4-2)28(20)37-18-21-8-5-6-9-24(21)30)17-31-33-27(35)16-26(34)32-23-12-10-22(29)11-13-23/h3,5-6,8-15,17H,1,4,7,16,18H2,2H3,(H,32,34)(H,33,35). The van der Waals surface area contributed by atoms with Crippen molar-refractivity contribution in [3.63, 3.8) is 0 Å². The molecule has 0 heterocycles. The van der Waals surface area contributed by atoms with Crippen LogP contribution in [-0.4, -0.2) is 24.6 Å². The first-order valence-corrected chi connectivity index (χ1v) is 12.3. The second kappa shape index (κ2) is 14.1. The van der Waals surface area contributed by atoms with Gasteiger partial charge in [-0.05, 0) is 61.4 Å². The zero-order valence-corrected chi connectivity index (χ0v) is 21.8. The zero-order chi connectivity index (χ0) is 26.6. The molecule has 0 fully saturated rings. The maximum atomic E-state index is 12.2. The lowest BCUT2D eigenvalue weighted by Gasteiger charge is -2.17. The van der Waals surface area contributed by atoms with Gasteiger partial charge in [0.1, 0.15) is 13.0 Å². The number of halogens is 2. The van der Waals surface area contributed by atoms with Crippen molar-refractivity contribution in [1.29, 1.82) is 0 Å². The first-order valence-electron chi connectivity index (χ1n) is 11.5. The molecular formula is C28H27Cl2N3O4.